The lowest BCUT2D eigenvalue weighted by molar-refractivity contribution is 0.0690. The normalized spacial score (nSPS) is 9.88. The number of aromatic nitrogens is 2. The summed E-state index contributed by atoms with van der Waals surface area (Å²) in [5.74, 6) is -1.42. The van der Waals surface area contributed by atoms with E-state index in [0.29, 0.717) is 0 Å². The summed E-state index contributed by atoms with van der Waals surface area (Å²) >= 11 is 0. The molecular formula is C10H7N3O4. The molecular weight excluding hydrogens is 226 g/mol. The van der Waals surface area contributed by atoms with E-state index in [1.807, 2.05) is 0 Å². The summed E-state index contributed by atoms with van der Waals surface area (Å²) in [4.78, 5) is 25.9. The second kappa shape index (κ2) is 4.44. The van der Waals surface area contributed by atoms with Crippen LogP contribution in [0.3, 0.4) is 0 Å². The number of rotatable bonds is 3. The first kappa shape index (κ1) is 10.8. The van der Waals surface area contributed by atoms with Gasteiger partial charge in [-0.3, -0.25) is 4.79 Å². The topological polar surface area (TPSA) is 105 Å². The lowest BCUT2D eigenvalue weighted by Crippen LogP contribution is -2.13. The van der Waals surface area contributed by atoms with Crippen molar-refractivity contribution in [2.75, 3.05) is 5.32 Å². The largest absolute Gasteiger partial charge is 0.477 e. The highest BCUT2D eigenvalue weighted by molar-refractivity contribution is 6.04. The fourth-order valence-electron chi connectivity index (χ4n) is 1.15. The molecule has 2 aromatic heterocycles. The molecule has 2 aromatic rings. The Kier molecular flexibility index (Phi) is 2.82. The Bertz CT molecular complexity index is 550. The number of hydrogen-bond donors (Lipinski definition) is 2. The lowest BCUT2D eigenvalue weighted by atomic mass is 10.2. The van der Waals surface area contributed by atoms with Crippen LogP contribution in [0.25, 0.3) is 0 Å². The van der Waals surface area contributed by atoms with E-state index in [0.717, 1.165) is 0 Å². The zero-order valence-corrected chi connectivity index (χ0v) is 8.45. The quantitative estimate of drug-likeness (QED) is 0.819. The molecule has 86 valence electrons. The number of carbonyl (C=O) groups is 2. The summed E-state index contributed by atoms with van der Waals surface area (Å²) in [6, 6.07) is 4.05. The van der Waals surface area contributed by atoms with Gasteiger partial charge in [-0.15, -0.1) is 0 Å². The maximum absolute atomic E-state index is 11.7. The molecule has 17 heavy (non-hydrogen) atoms. The number of aromatic carboxylic acids is 1. The third-order valence-electron chi connectivity index (χ3n) is 1.92. The van der Waals surface area contributed by atoms with E-state index in [2.05, 4.69) is 20.0 Å². The zero-order chi connectivity index (χ0) is 12.3. The van der Waals surface area contributed by atoms with Crippen LogP contribution in [-0.2, 0) is 0 Å². The summed E-state index contributed by atoms with van der Waals surface area (Å²) in [5.41, 5.74) is -0.0156. The molecule has 0 saturated carbocycles. The van der Waals surface area contributed by atoms with Gasteiger partial charge in [0.05, 0.1) is 0 Å². The van der Waals surface area contributed by atoms with E-state index in [1.165, 1.54) is 30.7 Å². The smallest absolute Gasteiger partial charge is 0.354 e. The Labute approximate surface area is 95.1 Å². The van der Waals surface area contributed by atoms with Gasteiger partial charge in [-0.25, -0.2) is 9.78 Å². The first-order chi connectivity index (χ1) is 8.16. The number of nitrogens with one attached hydrogen (secondary N) is 1. The van der Waals surface area contributed by atoms with E-state index >= 15 is 0 Å². The Hall–Kier alpha value is -2.70. The van der Waals surface area contributed by atoms with Crippen molar-refractivity contribution < 1.29 is 19.2 Å². The highest BCUT2D eigenvalue weighted by Crippen LogP contribution is 2.07. The zero-order valence-electron chi connectivity index (χ0n) is 8.45. The minimum atomic E-state index is -1.19. The Morgan fingerprint density at radius 3 is 2.82 bits per heavy atom. The van der Waals surface area contributed by atoms with Crippen LogP contribution in [0.2, 0.25) is 0 Å². The van der Waals surface area contributed by atoms with Crippen LogP contribution in [0.5, 0.6) is 0 Å². The van der Waals surface area contributed by atoms with E-state index in [-0.39, 0.29) is 17.1 Å². The second-order valence-corrected chi connectivity index (χ2v) is 3.07. The number of pyridine rings is 1. The molecule has 0 aliphatic heterocycles. The van der Waals surface area contributed by atoms with Gasteiger partial charge in [-0.05, 0) is 12.1 Å². The minimum Gasteiger partial charge on any atom is -0.477 e. The summed E-state index contributed by atoms with van der Waals surface area (Å²) in [7, 11) is 0. The Morgan fingerprint density at radius 1 is 1.35 bits per heavy atom. The molecule has 0 spiro atoms. The van der Waals surface area contributed by atoms with Gasteiger partial charge in [0.25, 0.3) is 5.91 Å². The van der Waals surface area contributed by atoms with E-state index in [9.17, 15) is 9.59 Å². The van der Waals surface area contributed by atoms with Crippen molar-refractivity contribution in [1.82, 2.24) is 10.1 Å². The molecule has 7 nitrogen and oxygen atoms in total. The fraction of sp³-hybridized carbons (Fsp3) is 0. The van der Waals surface area contributed by atoms with Crippen molar-refractivity contribution in [3.05, 3.63) is 41.9 Å². The molecule has 2 rings (SSSR count). The summed E-state index contributed by atoms with van der Waals surface area (Å²) in [6.45, 7) is 0. The number of amides is 1. The molecule has 0 atom stereocenters. The van der Waals surface area contributed by atoms with Gasteiger partial charge in [0, 0.05) is 17.8 Å². The summed E-state index contributed by atoms with van der Waals surface area (Å²) in [5, 5.41) is 14.7. The molecule has 0 aliphatic rings. The average molecular weight is 233 g/mol. The fourth-order valence-corrected chi connectivity index (χ4v) is 1.15. The molecule has 0 aromatic carbocycles. The third kappa shape index (κ3) is 2.46. The molecule has 0 radical (unpaired) electrons. The van der Waals surface area contributed by atoms with Crippen LogP contribution in [0.4, 0.5) is 5.82 Å². The number of carbonyl (C=O) groups excluding carboxylic acids is 1. The molecule has 2 N–H and O–H groups in total. The third-order valence-corrected chi connectivity index (χ3v) is 1.92. The van der Waals surface area contributed by atoms with E-state index < -0.39 is 11.9 Å². The van der Waals surface area contributed by atoms with Crippen LogP contribution in [0.1, 0.15) is 20.8 Å². The monoisotopic (exact) mass is 233 g/mol. The first-order valence-corrected chi connectivity index (χ1v) is 4.58. The van der Waals surface area contributed by atoms with Gasteiger partial charge in [-0.2, -0.15) is 0 Å². The predicted molar refractivity (Wildman–Crippen MR) is 55.7 cm³/mol. The van der Waals surface area contributed by atoms with Crippen LogP contribution in [-0.4, -0.2) is 27.1 Å². The number of carboxylic acid groups (broad SMARTS) is 1. The van der Waals surface area contributed by atoms with Gasteiger partial charge < -0.3 is 14.9 Å². The molecule has 0 saturated heterocycles. The van der Waals surface area contributed by atoms with Crippen LogP contribution in [0, 0.1) is 0 Å². The second-order valence-electron chi connectivity index (χ2n) is 3.07. The summed E-state index contributed by atoms with van der Waals surface area (Å²) in [6.07, 6.45) is 2.56. The van der Waals surface area contributed by atoms with Crippen LogP contribution >= 0.6 is 0 Å². The Morgan fingerprint density at radius 2 is 2.18 bits per heavy atom. The number of nitrogens with zero attached hydrogens (tertiary/aromatic N) is 2. The minimum absolute atomic E-state index is 0.181. The van der Waals surface area contributed by atoms with Crippen LogP contribution in [0.15, 0.2) is 35.2 Å². The molecule has 0 unspecified atom stereocenters. The SMILES string of the molecule is O=C(Nc1ccon1)c1ccnc(C(=O)O)c1. The molecule has 7 heteroatoms. The lowest BCUT2D eigenvalue weighted by Gasteiger charge is -2.01. The van der Waals surface area contributed by atoms with Gasteiger partial charge in [0.1, 0.15) is 12.0 Å². The number of anilines is 1. The van der Waals surface area contributed by atoms with Crippen molar-refractivity contribution in [3.63, 3.8) is 0 Å². The van der Waals surface area contributed by atoms with Crippen molar-refractivity contribution in [3.8, 4) is 0 Å². The van der Waals surface area contributed by atoms with Gasteiger partial charge >= 0.3 is 5.97 Å². The predicted octanol–water partition coefficient (Wildman–Crippen LogP) is 1.02. The maximum atomic E-state index is 11.7. The van der Waals surface area contributed by atoms with E-state index in [4.69, 9.17) is 5.11 Å². The first-order valence-electron chi connectivity index (χ1n) is 4.58. The summed E-state index contributed by atoms with van der Waals surface area (Å²) < 4.78 is 4.54. The van der Waals surface area contributed by atoms with Gasteiger partial charge in [0.2, 0.25) is 0 Å². The van der Waals surface area contributed by atoms with Crippen molar-refractivity contribution >= 4 is 17.7 Å². The van der Waals surface area contributed by atoms with Crippen molar-refractivity contribution in [1.29, 1.82) is 0 Å². The molecule has 2 heterocycles. The van der Waals surface area contributed by atoms with Gasteiger partial charge in [-0.1, -0.05) is 5.16 Å². The molecule has 0 bridgehead atoms. The highest BCUT2D eigenvalue weighted by atomic mass is 16.5. The Balaban J connectivity index is 2.19. The highest BCUT2D eigenvalue weighted by Gasteiger charge is 2.11. The van der Waals surface area contributed by atoms with Gasteiger partial charge in [0.15, 0.2) is 5.82 Å². The average Bonchev–Trinajstić information content (AvgIpc) is 2.82. The van der Waals surface area contributed by atoms with E-state index in [1.54, 1.807) is 0 Å². The molecule has 0 aliphatic carbocycles. The van der Waals surface area contributed by atoms with Crippen molar-refractivity contribution in [2.24, 2.45) is 0 Å². The standard InChI is InChI=1S/C10H7N3O4/c14-9(12-8-2-4-17-13-8)6-1-3-11-7(5-6)10(15)16/h1-5H,(H,15,16)(H,12,13,14). The van der Waals surface area contributed by atoms with Crippen molar-refractivity contribution in [2.45, 2.75) is 0 Å². The molecule has 0 fully saturated rings. The number of carboxylic acids is 1. The van der Waals surface area contributed by atoms with Crippen LogP contribution < -0.4 is 5.32 Å². The maximum Gasteiger partial charge on any atom is 0.354 e. The molecule has 1 amide bonds. The number of hydrogen-bond acceptors (Lipinski definition) is 5.